The second kappa shape index (κ2) is 6.30. The van der Waals surface area contributed by atoms with Crippen LogP contribution in [0, 0.1) is 6.92 Å². The van der Waals surface area contributed by atoms with Gasteiger partial charge in [0.2, 0.25) is 5.91 Å². The minimum Gasteiger partial charge on any atom is -0.464 e. The molecule has 1 saturated carbocycles. The third-order valence-corrected chi connectivity index (χ3v) is 4.83. The Morgan fingerprint density at radius 3 is 2.71 bits per heavy atom. The Morgan fingerprint density at radius 2 is 2.08 bits per heavy atom. The van der Waals surface area contributed by atoms with Crippen LogP contribution in [0.1, 0.15) is 56.6 Å². The number of hydrogen-bond acceptors (Lipinski definition) is 4. The molecule has 1 atom stereocenters. The highest BCUT2D eigenvalue weighted by atomic mass is 16.3. The SMILES string of the molecule is Cc1ccc([C@@H](C)NC(=O)CCN2C(=O)NC3(CCCC3)C2=O)o1. The summed E-state index contributed by atoms with van der Waals surface area (Å²) < 4.78 is 5.48. The molecule has 7 nitrogen and oxygen atoms in total. The number of imide groups is 1. The van der Waals surface area contributed by atoms with Gasteiger partial charge in [-0.2, -0.15) is 0 Å². The summed E-state index contributed by atoms with van der Waals surface area (Å²) in [5.41, 5.74) is -0.716. The number of urea groups is 1. The first-order chi connectivity index (χ1) is 11.4. The Bertz CT molecular complexity index is 661. The maximum absolute atomic E-state index is 12.5. The van der Waals surface area contributed by atoms with E-state index in [-0.39, 0.29) is 36.9 Å². The van der Waals surface area contributed by atoms with Crippen LogP contribution in [0.4, 0.5) is 4.79 Å². The predicted molar refractivity (Wildman–Crippen MR) is 86.1 cm³/mol. The molecule has 2 aliphatic rings. The van der Waals surface area contributed by atoms with E-state index in [1.165, 1.54) is 4.90 Å². The number of rotatable bonds is 5. The Kier molecular flexibility index (Phi) is 4.34. The third kappa shape index (κ3) is 3.02. The number of nitrogens with zero attached hydrogens (tertiary/aromatic N) is 1. The van der Waals surface area contributed by atoms with E-state index >= 15 is 0 Å². The number of aryl methyl sites for hydroxylation is 1. The molecule has 1 aromatic rings. The van der Waals surface area contributed by atoms with Gasteiger partial charge < -0.3 is 15.1 Å². The zero-order valence-corrected chi connectivity index (χ0v) is 14.1. The molecule has 24 heavy (non-hydrogen) atoms. The van der Waals surface area contributed by atoms with Gasteiger partial charge in [0, 0.05) is 13.0 Å². The van der Waals surface area contributed by atoms with Crippen molar-refractivity contribution in [1.82, 2.24) is 15.5 Å². The molecule has 0 aromatic carbocycles. The average Bonchev–Trinajstić information content (AvgIpc) is 3.21. The summed E-state index contributed by atoms with van der Waals surface area (Å²) in [6.45, 7) is 3.77. The quantitative estimate of drug-likeness (QED) is 0.807. The van der Waals surface area contributed by atoms with Crippen molar-refractivity contribution in [2.24, 2.45) is 0 Å². The van der Waals surface area contributed by atoms with Gasteiger partial charge in [-0.15, -0.1) is 0 Å². The van der Waals surface area contributed by atoms with Crippen molar-refractivity contribution in [3.8, 4) is 0 Å². The van der Waals surface area contributed by atoms with Crippen LogP contribution in [0.25, 0.3) is 0 Å². The lowest BCUT2D eigenvalue weighted by Gasteiger charge is -2.20. The van der Waals surface area contributed by atoms with E-state index in [0.717, 1.165) is 18.6 Å². The zero-order valence-electron chi connectivity index (χ0n) is 14.1. The molecule has 1 aliphatic carbocycles. The van der Waals surface area contributed by atoms with Crippen LogP contribution in [-0.4, -0.2) is 34.8 Å². The first kappa shape index (κ1) is 16.5. The summed E-state index contributed by atoms with van der Waals surface area (Å²) in [5.74, 6) is 1.06. The molecule has 1 saturated heterocycles. The lowest BCUT2D eigenvalue weighted by molar-refractivity contribution is -0.131. The van der Waals surface area contributed by atoms with E-state index in [1.54, 1.807) is 0 Å². The van der Waals surface area contributed by atoms with Gasteiger partial charge in [0.1, 0.15) is 17.1 Å². The van der Waals surface area contributed by atoms with E-state index in [0.29, 0.717) is 18.6 Å². The van der Waals surface area contributed by atoms with E-state index in [2.05, 4.69) is 10.6 Å². The van der Waals surface area contributed by atoms with Gasteiger partial charge in [0.25, 0.3) is 5.91 Å². The summed E-state index contributed by atoms with van der Waals surface area (Å²) in [7, 11) is 0. The molecular weight excluding hydrogens is 310 g/mol. The molecule has 1 aliphatic heterocycles. The monoisotopic (exact) mass is 333 g/mol. The van der Waals surface area contributed by atoms with Crippen LogP contribution in [-0.2, 0) is 9.59 Å². The molecule has 1 aromatic heterocycles. The van der Waals surface area contributed by atoms with E-state index < -0.39 is 5.54 Å². The van der Waals surface area contributed by atoms with Gasteiger partial charge in [0.15, 0.2) is 0 Å². The molecule has 3 rings (SSSR count). The molecule has 0 unspecified atom stereocenters. The van der Waals surface area contributed by atoms with Crippen LogP contribution in [0.5, 0.6) is 0 Å². The van der Waals surface area contributed by atoms with Crippen molar-refractivity contribution in [3.05, 3.63) is 23.7 Å². The summed E-state index contributed by atoms with van der Waals surface area (Å²) in [5, 5.41) is 5.63. The summed E-state index contributed by atoms with van der Waals surface area (Å²) in [6, 6.07) is 3.02. The van der Waals surface area contributed by atoms with Gasteiger partial charge in [-0.1, -0.05) is 12.8 Å². The Balaban J connectivity index is 1.53. The topological polar surface area (TPSA) is 91.7 Å². The normalized spacial score (nSPS) is 20.5. The lowest BCUT2D eigenvalue weighted by Crippen LogP contribution is -2.44. The summed E-state index contributed by atoms with van der Waals surface area (Å²) >= 11 is 0. The summed E-state index contributed by atoms with van der Waals surface area (Å²) in [4.78, 5) is 37.8. The second-order valence-electron chi connectivity index (χ2n) is 6.66. The minimum atomic E-state index is -0.716. The Morgan fingerprint density at radius 1 is 1.38 bits per heavy atom. The molecule has 130 valence electrons. The molecule has 0 radical (unpaired) electrons. The van der Waals surface area contributed by atoms with Crippen LogP contribution in [0.3, 0.4) is 0 Å². The molecular formula is C17H23N3O4. The molecule has 1 spiro atoms. The average molecular weight is 333 g/mol. The maximum Gasteiger partial charge on any atom is 0.325 e. The highest BCUT2D eigenvalue weighted by Gasteiger charge is 2.52. The van der Waals surface area contributed by atoms with E-state index in [4.69, 9.17) is 4.42 Å². The number of furan rings is 1. The minimum absolute atomic E-state index is 0.0826. The largest absolute Gasteiger partial charge is 0.464 e. The van der Waals surface area contributed by atoms with Gasteiger partial charge >= 0.3 is 6.03 Å². The number of hydrogen-bond donors (Lipinski definition) is 2. The molecule has 0 bridgehead atoms. The first-order valence-corrected chi connectivity index (χ1v) is 8.41. The lowest BCUT2D eigenvalue weighted by atomic mass is 9.98. The van der Waals surface area contributed by atoms with Crippen molar-refractivity contribution in [2.75, 3.05) is 6.54 Å². The second-order valence-corrected chi connectivity index (χ2v) is 6.66. The first-order valence-electron chi connectivity index (χ1n) is 8.41. The van der Waals surface area contributed by atoms with E-state index in [9.17, 15) is 14.4 Å². The smallest absolute Gasteiger partial charge is 0.325 e. The fourth-order valence-electron chi connectivity index (χ4n) is 3.48. The van der Waals surface area contributed by atoms with Crippen molar-refractivity contribution < 1.29 is 18.8 Å². The molecule has 2 N–H and O–H groups in total. The fourth-order valence-corrected chi connectivity index (χ4v) is 3.48. The Hall–Kier alpha value is -2.31. The zero-order chi connectivity index (χ0) is 17.3. The maximum atomic E-state index is 12.5. The fraction of sp³-hybridized carbons (Fsp3) is 0.588. The van der Waals surface area contributed by atoms with Gasteiger partial charge in [-0.05, 0) is 38.8 Å². The molecule has 4 amide bonds. The number of carbonyl (C=O) groups is 3. The van der Waals surface area contributed by atoms with Crippen molar-refractivity contribution in [3.63, 3.8) is 0 Å². The van der Waals surface area contributed by atoms with Crippen LogP contribution in [0.2, 0.25) is 0 Å². The van der Waals surface area contributed by atoms with Crippen LogP contribution >= 0.6 is 0 Å². The number of carbonyl (C=O) groups excluding carboxylic acids is 3. The van der Waals surface area contributed by atoms with Gasteiger partial charge in [0.05, 0.1) is 6.04 Å². The van der Waals surface area contributed by atoms with Crippen LogP contribution in [0.15, 0.2) is 16.5 Å². The highest BCUT2D eigenvalue weighted by molar-refractivity contribution is 6.07. The van der Waals surface area contributed by atoms with Crippen molar-refractivity contribution in [2.45, 2.75) is 57.5 Å². The van der Waals surface area contributed by atoms with E-state index in [1.807, 2.05) is 26.0 Å². The Labute approximate surface area is 140 Å². The van der Waals surface area contributed by atoms with Crippen molar-refractivity contribution >= 4 is 17.8 Å². The molecule has 2 fully saturated rings. The third-order valence-electron chi connectivity index (χ3n) is 4.83. The molecule has 7 heteroatoms. The number of nitrogens with one attached hydrogen (secondary N) is 2. The van der Waals surface area contributed by atoms with Gasteiger partial charge in [-0.3, -0.25) is 14.5 Å². The van der Waals surface area contributed by atoms with Crippen LogP contribution < -0.4 is 10.6 Å². The number of amides is 4. The van der Waals surface area contributed by atoms with Crippen molar-refractivity contribution in [1.29, 1.82) is 0 Å². The highest BCUT2D eigenvalue weighted by Crippen LogP contribution is 2.35. The standard InChI is InChI=1S/C17H23N3O4/c1-11-5-6-13(24-11)12(2)18-14(21)7-10-20-15(22)17(19-16(20)23)8-3-4-9-17/h5-6,12H,3-4,7-10H2,1-2H3,(H,18,21)(H,19,23)/t12-/m1/s1. The predicted octanol–water partition coefficient (Wildman–Crippen LogP) is 2.02. The van der Waals surface area contributed by atoms with Gasteiger partial charge in [-0.25, -0.2) is 4.79 Å². The summed E-state index contributed by atoms with van der Waals surface area (Å²) in [6.07, 6.45) is 3.35. The molecule has 2 heterocycles.